The summed E-state index contributed by atoms with van der Waals surface area (Å²) in [4.78, 5) is 24.1. The van der Waals surface area contributed by atoms with Crippen LogP contribution in [0.25, 0.3) is 22.3 Å². The standard InChI is InChI=1S/C21H18O13/c22-7-3-1-6(2-4-7)16-13(27)11(25)10-8(23)5-9(24)17(18(10)32-16)33-21-15(29)12(26)14(28)19(34-21)20(30)31/h1-5,12,14-15,19,21-24,26-29H,(H,30,31)/t12-,14+,15+,19+,21-/m0/s1. The lowest BCUT2D eigenvalue weighted by molar-refractivity contribution is -0.271. The molecule has 0 amide bonds. The topological polar surface area (TPSA) is 228 Å². The molecule has 0 aliphatic carbocycles. The van der Waals surface area contributed by atoms with Crippen LogP contribution in [0.4, 0.5) is 0 Å². The maximum absolute atomic E-state index is 12.8. The van der Waals surface area contributed by atoms with Gasteiger partial charge < -0.3 is 54.7 Å². The first kappa shape index (κ1) is 23.1. The fourth-order valence-electron chi connectivity index (χ4n) is 3.49. The van der Waals surface area contributed by atoms with Crippen molar-refractivity contribution in [3.8, 4) is 40.1 Å². The molecule has 5 atom stereocenters. The molecular weight excluding hydrogens is 460 g/mol. The highest BCUT2D eigenvalue weighted by Crippen LogP contribution is 2.43. The van der Waals surface area contributed by atoms with Crippen LogP contribution in [0.2, 0.25) is 0 Å². The predicted molar refractivity (Wildman–Crippen MR) is 110 cm³/mol. The quantitative estimate of drug-likeness (QED) is 0.238. The number of ether oxygens (including phenoxy) is 2. The van der Waals surface area contributed by atoms with Crippen LogP contribution < -0.4 is 10.2 Å². The van der Waals surface area contributed by atoms with E-state index in [0.717, 1.165) is 0 Å². The molecular formula is C21H18O13. The van der Waals surface area contributed by atoms with Gasteiger partial charge in [0.25, 0.3) is 0 Å². The molecule has 1 aliphatic heterocycles. The molecule has 1 saturated heterocycles. The van der Waals surface area contributed by atoms with Crippen molar-refractivity contribution in [2.45, 2.75) is 30.7 Å². The third-order valence-electron chi connectivity index (χ3n) is 5.23. The van der Waals surface area contributed by atoms with Crippen LogP contribution in [0, 0.1) is 0 Å². The van der Waals surface area contributed by atoms with E-state index < -0.39 is 81.8 Å². The molecule has 13 heteroatoms. The molecule has 0 bridgehead atoms. The predicted octanol–water partition coefficient (Wildman–Crippen LogP) is -0.447. The van der Waals surface area contributed by atoms with E-state index in [0.29, 0.717) is 6.07 Å². The highest BCUT2D eigenvalue weighted by molar-refractivity contribution is 5.93. The highest BCUT2D eigenvalue weighted by Gasteiger charge is 2.48. The molecule has 0 spiro atoms. The second-order valence-electron chi connectivity index (χ2n) is 7.46. The summed E-state index contributed by atoms with van der Waals surface area (Å²) in [5.74, 6) is -5.49. The summed E-state index contributed by atoms with van der Waals surface area (Å²) >= 11 is 0. The largest absolute Gasteiger partial charge is 0.508 e. The van der Waals surface area contributed by atoms with E-state index in [2.05, 4.69) is 0 Å². The summed E-state index contributed by atoms with van der Waals surface area (Å²) in [6, 6.07) is 5.74. The third-order valence-corrected chi connectivity index (χ3v) is 5.23. The van der Waals surface area contributed by atoms with Crippen molar-refractivity contribution >= 4 is 16.9 Å². The van der Waals surface area contributed by atoms with Crippen LogP contribution in [0.5, 0.6) is 28.7 Å². The van der Waals surface area contributed by atoms with E-state index in [4.69, 9.17) is 13.9 Å². The van der Waals surface area contributed by atoms with Gasteiger partial charge in [0.1, 0.15) is 35.2 Å². The summed E-state index contributed by atoms with van der Waals surface area (Å²) in [5.41, 5.74) is -1.64. The lowest BCUT2D eigenvalue weighted by Crippen LogP contribution is -2.61. The van der Waals surface area contributed by atoms with E-state index in [1.807, 2.05) is 0 Å². The molecule has 4 rings (SSSR count). The molecule has 0 unspecified atom stereocenters. The number of carboxylic acid groups (broad SMARTS) is 1. The summed E-state index contributed by atoms with van der Waals surface area (Å²) in [6.45, 7) is 0. The van der Waals surface area contributed by atoms with E-state index in [9.17, 15) is 50.4 Å². The molecule has 13 nitrogen and oxygen atoms in total. The molecule has 2 heterocycles. The van der Waals surface area contributed by atoms with Gasteiger partial charge >= 0.3 is 5.97 Å². The highest BCUT2D eigenvalue weighted by atomic mass is 16.7. The Balaban J connectivity index is 1.88. The number of rotatable bonds is 4. The van der Waals surface area contributed by atoms with Crippen molar-refractivity contribution in [1.82, 2.24) is 0 Å². The molecule has 0 radical (unpaired) electrons. The molecule has 8 N–H and O–H groups in total. The number of hydrogen-bond donors (Lipinski definition) is 8. The summed E-state index contributed by atoms with van der Waals surface area (Å²) in [7, 11) is 0. The van der Waals surface area contributed by atoms with Crippen LogP contribution in [0.3, 0.4) is 0 Å². The van der Waals surface area contributed by atoms with E-state index in [1.54, 1.807) is 0 Å². The SMILES string of the molecule is O=C(O)[C@@H]1O[C@H](Oc2c(O)cc(O)c3c(=O)c(O)c(-c4ccc(O)cc4)oc23)[C@H](O)[C@@H](O)[C@H]1O. The molecule has 180 valence electrons. The number of carboxylic acids is 1. The smallest absolute Gasteiger partial charge is 0.335 e. The van der Waals surface area contributed by atoms with Crippen molar-refractivity contribution in [3.05, 3.63) is 40.6 Å². The maximum Gasteiger partial charge on any atom is 0.335 e. The number of phenols is 3. The average Bonchev–Trinajstić information content (AvgIpc) is 2.78. The van der Waals surface area contributed by atoms with Gasteiger partial charge in [0, 0.05) is 11.6 Å². The van der Waals surface area contributed by atoms with Crippen molar-refractivity contribution in [2.75, 3.05) is 0 Å². The van der Waals surface area contributed by atoms with Crippen LogP contribution in [-0.4, -0.2) is 77.5 Å². The Morgan fingerprint density at radius 3 is 2.18 bits per heavy atom. The Kier molecular flexibility index (Phi) is 5.70. The van der Waals surface area contributed by atoms with Gasteiger partial charge in [0.2, 0.25) is 23.2 Å². The van der Waals surface area contributed by atoms with Crippen molar-refractivity contribution in [2.24, 2.45) is 0 Å². The minimum Gasteiger partial charge on any atom is -0.508 e. The van der Waals surface area contributed by atoms with Gasteiger partial charge in [0.05, 0.1) is 0 Å². The zero-order valence-electron chi connectivity index (χ0n) is 16.9. The number of fused-ring (bicyclic) bond motifs is 1. The molecule has 3 aromatic rings. The Morgan fingerprint density at radius 2 is 1.56 bits per heavy atom. The Hall–Kier alpha value is -4.04. The normalized spacial score (nSPS) is 24.7. The van der Waals surface area contributed by atoms with E-state index in [-0.39, 0.29) is 11.3 Å². The van der Waals surface area contributed by atoms with Crippen molar-refractivity contribution < 1.29 is 59.5 Å². The van der Waals surface area contributed by atoms with Gasteiger partial charge in [-0.2, -0.15) is 0 Å². The van der Waals surface area contributed by atoms with E-state index in [1.165, 1.54) is 24.3 Å². The molecule has 34 heavy (non-hydrogen) atoms. The summed E-state index contributed by atoms with van der Waals surface area (Å²) < 4.78 is 15.9. The number of carbonyl (C=O) groups is 1. The first-order chi connectivity index (χ1) is 16.0. The molecule has 1 aliphatic rings. The average molecular weight is 478 g/mol. The minimum absolute atomic E-state index is 0.113. The van der Waals surface area contributed by atoms with Gasteiger partial charge in [-0.1, -0.05) is 0 Å². The zero-order valence-corrected chi connectivity index (χ0v) is 16.9. The van der Waals surface area contributed by atoms with Gasteiger partial charge in [0.15, 0.2) is 23.2 Å². The summed E-state index contributed by atoms with van der Waals surface area (Å²) in [5, 5.41) is 78.9. The number of aliphatic carboxylic acids is 1. The number of aromatic hydroxyl groups is 4. The molecule has 0 saturated carbocycles. The van der Waals surface area contributed by atoms with Crippen LogP contribution >= 0.6 is 0 Å². The number of benzene rings is 2. The molecule has 2 aromatic carbocycles. The van der Waals surface area contributed by atoms with Crippen LogP contribution in [0.15, 0.2) is 39.5 Å². The van der Waals surface area contributed by atoms with Gasteiger partial charge in [-0.05, 0) is 24.3 Å². The third kappa shape index (κ3) is 3.72. The van der Waals surface area contributed by atoms with Crippen LogP contribution in [0.1, 0.15) is 0 Å². The molecule has 1 aromatic heterocycles. The monoisotopic (exact) mass is 478 g/mol. The second-order valence-corrected chi connectivity index (χ2v) is 7.46. The maximum atomic E-state index is 12.8. The van der Waals surface area contributed by atoms with Gasteiger partial charge in [-0.25, -0.2) is 4.79 Å². The van der Waals surface area contributed by atoms with Crippen molar-refractivity contribution in [1.29, 1.82) is 0 Å². The van der Waals surface area contributed by atoms with Crippen molar-refractivity contribution in [3.63, 3.8) is 0 Å². The number of aliphatic hydroxyl groups excluding tert-OH is 3. The lowest BCUT2D eigenvalue weighted by Gasteiger charge is -2.38. The fraction of sp³-hybridized carbons (Fsp3) is 0.238. The number of aliphatic hydroxyl groups is 3. The second kappa shape index (κ2) is 8.39. The minimum atomic E-state index is -2.02. The Labute approximate surface area is 188 Å². The lowest BCUT2D eigenvalue weighted by atomic mass is 9.99. The molecule has 1 fully saturated rings. The van der Waals surface area contributed by atoms with Crippen LogP contribution in [-0.2, 0) is 9.53 Å². The van der Waals surface area contributed by atoms with E-state index >= 15 is 0 Å². The number of phenolic OH excluding ortho intramolecular Hbond substituents is 3. The first-order valence-corrected chi connectivity index (χ1v) is 9.64. The Bertz CT molecular complexity index is 1310. The fourth-order valence-corrected chi connectivity index (χ4v) is 3.49. The van der Waals surface area contributed by atoms with Gasteiger partial charge in [-0.15, -0.1) is 0 Å². The van der Waals surface area contributed by atoms with Gasteiger partial charge in [-0.3, -0.25) is 4.79 Å². The Morgan fingerprint density at radius 1 is 0.912 bits per heavy atom. The summed E-state index contributed by atoms with van der Waals surface area (Å²) in [6.07, 6.45) is -10.0. The zero-order chi connectivity index (χ0) is 24.9. The number of hydrogen-bond acceptors (Lipinski definition) is 12. The first-order valence-electron chi connectivity index (χ1n) is 9.64.